The normalized spacial score (nSPS) is 21.0. The van der Waals surface area contributed by atoms with Crippen LogP contribution < -0.4 is 10.1 Å². The van der Waals surface area contributed by atoms with Crippen LogP contribution in [0.4, 0.5) is 4.79 Å². The van der Waals surface area contributed by atoms with E-state index in [2.05, 4.69) is 12.2 Å². The molecule has 2 fully saturated rings. The molecular formula is C28H37N5O4. The van der Waals surface area contributed by atoms with Gasteiger partial charge in [0.1, 0.15) is 18.0 Å². The highest BCUT2D eigenvalue weighted by Gasteiger charge is 2.51. The van der Waals surface area contributed by atoms with Crippen LogP contribution in [-0.4, -0.2) is 77.1 Å². The van der Waals surface area contributed by atoms with E-state index in [1.165, 1.54) is 0 Å². The summed E-state index contributed by atoms with van der Waals surface area (Å²) in [5.41, 5.74) is 1.95. The van der Waals surface area contributed by atoms with E-state index in [-0.39, 0.29) is 37.0 Å². The second kappa shape index (κ2) is 11.6. The third-order valence-electron chi connectivity index (χ3n) is 7.28. The number of unbranched alkanes of at least 4 members (excludes halogenated alkanes) is 1. The lowest BCUT2D eigenvalue weighted by molar-refractivity contribution is -0.189. The van der Waals surface area contributed by atoms with Crippen molar-refractivity contribution in [3.05, 3.63) is 65.7 Å². The number of nitrogens with one attached hydrogen (secondary N) is 1. The van der Waals surface area contributed by atoms with Crippen molar-refractivity contribution in [3.8, 4) is 5.75 Å². The highest BCUT2D eigenvalue weighted by molar-refractivity contribution is 5.91. The number of hydrazine groups is 1. The summed E-state index contributed by atoms with van der Waals surface area (Å²) in [7, 11) is 3.35. The van der Waals surface area contributed by atoms with Gasteiger partial charge in [0, 0.05) is 13.6 Å². The van der Waals surface area contributed by atoms with Crippen LogP contribution in [-0.2, 0) is 16.1 Å². The molecule has 0 bridgehead atoms. The Hall–Kier alpha value is -3.59. The average molecular weight is 508 g/mol. The number of amides is 4. The molecule has 4 rings (SSSR count). The summed E-state index contributed by atoms with van der Waals surface area (Å²) < 4.78 is 5.21. The zero-order chi connectivity index (χ0) is 26.5. The zero-order valence-electron chi connectivity index (χ0n) is 22.1. The molecule has 0 saturated carbocycles. The van der Waals surface area contributed by atoms with Gasteiger partial charge in [-0.3, -0.25) is 9.59 Å². The first-order valence-electron chi connectivity index (χ1n) is 12.9. The largest absolute Gasteiger partial charge is 0.497 e. The number of urea groups is 1. The first-order valence-corrected chi connectivity index (χ1v) is 12.9. The fraction of sp³-hybridized carbons (Fsp3) is 0.464. The number of benzene rings is 2. The number of rotatable bonds is 8. The summed E-state index contributed by atoms with van der Waals surface area (Å²) in [5.74, 6) is 0.559. The lowest BCUT2D eigenvalue weighted by Gasteiger charge is -2.55. The average Bonchev–Trinajstić information content (AvgIpc) is 2.91. The minimum atomic E-state index is -0.594. The van der Waals surface area contributed by atoms with E-state index in [0.717, 1.165) is 29.7 Å². The van der Waals surface area contributed by atoms with Crippen molar-refractivity contribution in [1.82, 2.24) is 25.1 Å². The van der Waals surface area contributed by atoms with Crippen LogP contribution in [0.15, 0.2) is 54.6 Å². The smallest absolute Gasteiger partial charge is 0.334 e. The minimum absolute atomic E-state index is 0.0383. The first-order chi connectivity index (χ1) is 17.8. The van der Waals surface area contributed by atoms with Gasteiger partial charge in [0.25, 0.3) is 0 Å². The first kappa shape index (κ1) is 26.5. The number of likely N-dealkylation sites (N-methyl/N-ethyl adjacent to an activating group) is 1. The van der Waals surface area contributed by atoms with Crippen LogP contribution in [0.5, 0.6) is 5.75 Å². The van der Waals surface area contributed by atoms with Crippen LogP contribution >= 0.6 is 0 Å². The number of hydrogen-bond acceptors (Lipinski definition) is 5. The number of carbonyl (C=O) groups excluding carboxylic acids is 3. The lowest BCUT2D eigenvalue weighted by atomic mass is 9.98. The van der Waals surface area contributed by atoms with Crippen molar-refractivity contribution in [2.24, 2.45) is 0 Å². The molecule has 198 valence electrons. The van der Waals surface area contributed by atoms with Gasteiger partial charge in [-0.1, -0.05) is 62.2 Å². The van der Waals surface area contributed by atoms with Gasteiger partial charge in [-0.15, -0.1) is 0 Å². The van der Waals surface area contributed by atoms with Crippen molar-refractivity contribution in [1.29, 1.82) is 0 Å². The number of hydrogen-bond donors (Lipinski definition) is 1. The summed E-state index contributed by atoms with van der Waals surface area (Å²) in [4.78, 5) is 44.0. The molecule has 0 aliphatic carbocycles. The van der Waals surface area contributed by atoms with Crippen molar-refractivity contribution < 1.29 is 19.1 Å². The van der Waals surface area contributed by atoms with Gasteiger partial charge in [-0.25, -0.2) is 14.8 Å². The van der Waals surface area contributed by atoms with Crippen LogP contribution in [0, 0.1) is 0 Å². The van der Waals surface area contributed by atoms with E-state index >= 15 is 0 Å². The van der Waals surface area contributed by atoms with Crippen LogP contribution in [0.1, 0.15) is 50.3 Å². The van der Waals surface area contributed by atoms with Crippen molar-refractivity contribution >= 4 is 17.8 Å². The summed E-state index contributed by atoms with van der Waals surface area (Å²) in [6, 6.07) is 16.3. The molecule has 0 radical (unpaired) electrons. The van der Waals surface area contributed by atoms with Gasteiger partial charge in [-0.2, -0.15) is 0 Å². The van der Waals surface area contributed by atoms with E-state index in [1.54, 1.807) is 29.1 Å². The number of methoxy groups -OCH3 is 1. The van der Waals surface area contributed by atoms with Gasteiger partial charge in [0.2, 0.25) is 11.8 Å². The predicted molar refractivity (Wildman–Crippen MR) is 140 cm³/mol. The minimum Gasteiger partial charge on any atom is -0.497 e. The van der Waals surface area contributed by atoms with Crippen molar-refractivity contribution in [2.75, 3.05) is 27.2 Å². The summed E-state index contributed by atoms with van der Waals surface area (Å²) in [6.45, 7) is 4.68. The molecule has 0 aromatic heterocycles. The number of nitrogens with zero attached hydrogens (tertiary/aromatic N) is 4. The maximum atomic E-state index is 13.8. The molecule has 3 atom stereocenters. The maximum Gasteiger partial charge on any atom is 0.334 e. The third kappa shape index (κ3) is 5.56. The zero-order valence-corrected chi connectivity index (χ0v) is 22.1. The van der Waals surface area contributed by atoms with Gasteiger partial charge in [0.15, 0.2) is 0 Å². The van der Waals surface area contributed by atoms with E-state index in [1.807, 2.05) is 66.4 Å². The SMILES string of the molecule is CCCC[C@H]1C(=O)N([C@H](C)c2ccccc2)CC2N1C(=O)CN(C)N2C(=O)NCc1ccc(OC)cc1. The molecule has 9 heteroatoms. The van der Waals surface area contributed by atoms with E-state index in [9.17, 15) is 14.4 Å². The van der Waals surface area contributed by atoms with Gasteiger partial charge >= 0.3 is 6.03 Å². The molecule has 1 unspecified atom stereocenters. The second-order valence-corrected chi connectivity index (χ2v) is 9.68. The maximum absolute atomic E-state index is 13.8. The van der Waals surface area contributed by atoms with Crippen LogP contribution in [0.25, 0.3) is 0 Å². The van der Waals surface area contributed by atoms with Crippen LogP contribution in [0.3, 0.4) is 0 Å². The summed E-state index contributed by atoms with van der Waals surface area (Å²) >= 11 is 0. The molecule has 2 aliphatic rings. The summed E-state index contributed by atoms with van der Waals surface area (Å²) in [5, 5.41) is 6.25. The topological polar surface area (TPSA) is 85.4 Å². The third-order valence-corrected chi connectivity index (χ3v) is 7.28. The van der Waals surface area contributed by atoms with E-state index in [0.29, 0.717) is 13.0 Å². The molecule has 2 aliphatic heterocycles. The molecule has 37 heavy (non-hydrogen) atoms. The number of piperazine rings is 1. The molecule has 2 heterocycles. The van der Waals surface area contributed by atoms with Gasteiger partial charge in [-0.05, 0) is 36.6 Å². The van der Waals surface area contributed by atoms with Crippen molar-refractivity contribution in [2.45, 2.75) is 57.9 Å². The Morgan fingerprint density at radius 1 is 1.11 bits per heavy atom. The lowest BCUT2D eigenvalue weighted by Crippen LogP contribution is -2.76. The molecule has 2 aromatic rings. The Bertz CT molecular complexity index is 1090. The molecule has 0 spiro atoms. The van der Waals surface area contributed by atoms with Gasteiger partial charge < -0.3 is 19.9 Å². The van der Waals surface area contributed by atoms with E-state index in [4.69, 9.17) is 4.74 Å². The highest BCUT2D eigenvalue weighted by atomic mass is 16.5. The van der Waals surface area contributed by atoms with Crippen LogP contribution in [0.2, 0.25) is 0 Å². The monoisotopic (exact) mass is 507 g/mol. The summed E-state index contributed by atoms with van der Waals surface area (Å²) in [6.07, 6.45) is 1.71. The molecule has 2 saturated heterocycles. The van der Waals surface area contributed by atoms with E-state index < -0.39 is 12.2 Å². The number of carbonyl (C=O) groups is 3. The molecule has 2 aromatic carbocycles. The standard InChI is InChI=1S/C28H37N5O4/c1-5-6-12-24-27(35)31(20(2)22-10-8-7-9-11-22)18-25-32(24)26(34)19-30(3)33(25)28(36)29-17-21-13-15-23(37-4)16-14-21/h7-11,13-16,20,24-25H,5-6,12,17-19H2,1-4H3,(H,29,36)/t20-,24+,25?/m1/s1. The Balaban J connectivity index is 1.60. The molecule has 9 nitrogen and oxygen atoms in total. The quantitative estimate of drug-likeness (QED) is 0.592. The molecular weight excluding hydrogens is 470 g/mol. The number of ether oxygens (including phenoxy) is 1. The Morgan fingerprint density at radius 2 is 1.81 bits per heavy atom. The molecule has 4 amide bonds. The van der Waals surface area contributed by atoms with Crippen molar-refractivity contribution in [3.63, 3.8) is 0 Å². The van der Waals surface area contributed by atoms with Gasteiger partial charge in [0.05, 0.1) is 26.2 Å². The Labute approximate surface area is 218 Å². The highest BCUT2D eigenvalue weighted by Crippen LogP contribution is 2.32. The molecule has 1 N–H and O–H groups in total. The predicted octanol–water partition coefficient (Wildman–Crippen LogP) is 3.38. The Morgan fingerprint density at radius 3 is 2.46 bits per heavy atom. The Kier molecular flexibility index (Phi) is 8.33. The fourth-order valence-corrected chi connectivity index (χ4v) is 5.20. The number of fused-ring (bicyclic) bond motifs is 1. The second-order valence-electron chi connectivity index (χ2n) is 9.68. The fourth-order valence-electron chi connectivity index (χ4n) is 5.20.